The summed E-state index contributed by atoms with van der Waals surface area (Å²) in [5.41, 5.74) is 3.70. The number of hydrogen-bond acceptors (Lipinski definition) is 5. The molecule has 6 nitrogen and oxygen atoms in total. The zero-order chi connectivity index (χ0) is 26.0. The molecule has 1 fully saturated rings. The molecular weight excluding hydrogens is 521 g/mol. The van der Waals surface area contributed by atoms with Crippen molar-refractivity contribution < 1.29 is 14.6 Å². The van der Waals surface area contributed by atoms with E-state index in [1.54, 1.807) is 13.2 Å². The van der Waals surface area contributed by atoms with Crippen molar-refractivity contribution in [3.05, 3.63) is 59.2 Å². The van der Waals surface area contributed by atoms with Gasteiger partial charge in [0.25, 0.3) is 0 Å². The van der Waals surface area contributed by atoms with Crippen molar-refractivity contribution in [2.75, 3.05) is 33.8 Å². The number of likely N-dealkylation sites (N-methyl/N-ethyl adjacent to an activating group) is 1. The van der Waals surface area contributed by atoms with Crippen LogP contribution >= 0.6 is 24.8 Å². The Bertz CT molecular complexity index is 1080. The first-order chi connectivity index (χ1) is 17.1. The molecule has 0 saturated carbocycles. The fourth-order valence-electron chi connectivity index (χ4n) is 5.86. The van der Waals surface area contributed by atoms with E-state index in [0.717, 1.165) is 42.9 Å². The third-order valence-electron chi connectivity index (χ3n) is 8.74. The topological polar surface area (TPSA) is 65.0 Å². The smallest absolute Gasteiger partial charge is 0.237 e. The lowest BCUT2D eigenvalue weighted by Crippen LogP contribution is -2.56. The van der Waals surface area contributed by atoms with Gasteiger partial charge >= 0.3 is 0 Å². The predicted molar refractivity (Wildman–Crippen MR) is 159 cm³/mol. The maximum atomic E-state index is 13.4. The highest BCUT2D eigenvalue weighted by Crippen LogP contribution is 2.40. The molecular formula is C30H45Cl2N3O3. The summed E-state index contributed by atoms with van der Waals surface area (Å²) in [6, 6.07) is 13.9. The lowest BCUT2D eigenvalue weighted by molar-refractivity contribution is -0.127. The molecule has 0 unspecified atom stereocenters. The van der Waals surface area contributed by atoms with E-state index in [1.807, 2.05) is 25.2 Å². The average Bonchev–Trinajstić information content (AvgIpc) is 2.85. The minimum Gasteiger partial charge on any atom is -0.508 e. The third-order valence-corrected chi connectivity index (χ3v) is 8.74. The number of phenolic OH excluding ortho intramolecular Hbond substituents is 1. The highest BCUT2D eigenvalue weighted by Gasteiger charge is 2.39. The number of rotatable bonds is 7. The molecule has 2 aromatic carbocycles. The Balaban J connectivity index is 0.00000253. The number of fused-ring (bicyclic) bond motifs is 1. The maximum absolute atomic E-state index is 13.4. The molecule has 212 valence electrons. The minimum atomic E-state index is -0.195. The molecule has 0 aliphatic carbocycles. The molecule has 0 bridgehead atoms. The molecule has 0 radical (unpaired) electrons. The summed E-state index contributed by atoms with van der Waals surface area (Å²) >= 11 is 0. The summed E-state index contributed by atoms with van der Waals surface area (Å²) in [5.74, 6) is 2.12. The van der Waals surface area contributed by atoms with Gasteiger partial charge in [0.15, 0.2) is 0 Å². The van der Waals surface area contributed by atoms with Gasteiger partial charge in [-0.1, -0.05) is 45.9 Å². The summed E-state index contributed by atoms with van der Waals surface area (Å²) in [6.07, 6.45) is 1.75. The number of halogens is 2. The number of piperidine rings is 1. The van der Waals surface area contributed by atoms with Crippen molar-refractivity contribution in [3.63, 3.8) is 0 Å². The van der Waals surface area contributed by atoms with Gasteiger partial charge in [0.05, 0.1) is 13.2 Å². The molecule has 1 amide bonds. The second-order valence-electron chi connectivity index (χ2n) is 11.5. The van der Waals surface area contributed by atoms with Crippen molar-refractivity contribution in [2.24, 2.45) is 11.8 Å². The number of carbonyl (C=O) groups is 1. The number of likely N-dealkylation sites (tertiary alicyclic amines) is 1. The van der Waals surface area contributed by atoms with Gasteiger partial charge in [0, 0.05) is 25.7 Å². The standard InChI is InChI=1S/C30H43N3O3.2ClH/c1-20(2)27(31-29(35)28-15-22-10-11-25(34)14-23(22)18-32(28)5)19-33-13-12-30(4,21(3)17-33)24-8-7-9-26(16-24)36-6;;/h7-11,14,16,20-21,27-28,34H,12-13,15,17-19H2,1-6H3,(H,31,35);2*1H/t21-,27+,28+,30+;;/m0../s1. The number of aromatic hydroxyl groups is 1. The van der Waals surface area contributed by atoms with E-state index in [0.29, 0.717) is 24.8 Å². The molecule has 4 atom stereocenters. The van der Waals surface area contributed by atoms with Gasteiger partial charge < -0.3 is 20.1 Å². The van der Waals surface area contributed by atoms with Crippen LogP contribution in [0, 0.1) is 11.8 Å². The van der Waals surface area contributed by atoms with E-state index in [9.17, 15) is 9.90 Å². The largest absolute Gasteiger partial charge is 0.508 e. The van der Waals surface area contributed by atoms with Crippen LogP contribution in [-0.4, -0.2) is 66.7 Å². The lowest BCUT2D eigenvalue weighted by Gasteiger charge is -2.46. The third kappa shape index (κ3) is 6.95. The van der Waals surface area contributed by atoms with Crippen molar-refractivity contribution in [1.82, 2.24) is 15.1 Å². The molecule has 0 spiro atoms. The monoisotopic (exact) mass is 565 g/mol. The molecule has 8 heteroatoms. The molecule has 0 aromatic heterocycles. The predicted octanol–water partition coefficient (Wildman–Crippen LogP) is 5.04. The maximum Gasteiger partial charge on any atom is 0.237 e. The summed E-state index contributed by atoms with van der Waals surface area (Å²) < 4.78 is 5.48. The normalized spacial score (nSPS) is 24.5. The Labute approximate surface area is 240 Å². The number of nitrogens with one attached hydrogen (secondary N) is 1. The van der Waals surface area contributed by atoms with Crippen molar-refractivity contribution >= 4 is 30.7 Å². The molecule has 2 heterocycles. The Kier molecular flexibility index (Phi) is 11.3. The van der Waals surface area contributed by atoms with Crippen molar-refractivity contribution in [1.29, 1.82) is 0 Å². The summed E-state index contributed by atoms with van der Waals surface area (Å²) in [5, 5.41) is 13.2. The van der Waals surface area contributed by atoms with Gasteiger partial charge in [-0.3, -0.25) is 9.69 Å². The number of ether oxygens (including phenoxy) is 1. The number of carbonyl (C=O) groups excluding carboxylic acids is 1. The molecule has 38 heavy (non-hydrogen) atoms. The number of methoxy groups -OCH3 is 1. The van der Waals surface area contributed by atoms with Crippen LogP contribution in [-0.2, 0) is 23.2 Å². The van der Waals surface area contributed by atoms with E-state index in [1.165, 1.54) is 5.56 Å². The van der Waals surface area contributed by atoms with Crippen LogP contribution in [0.3, 0.4) is 0 Å². The van der Waals surface area contributed by atoms with Gasteiger partial charge in [0.1, 0.15) is 11.5 Å². The molecule has 2 N–H and O–H groups in total. The number of nitrogens with zero attached hydrogens (tertiary/aromatic N) is 2. The molecule has 2 aliphatic rings. The fourth-order valence-corrected chi connectivity index (χ4v) is 5.86. The molecule has 4 rings (SSSR count). The zero-order valence-corrected chi connectivity index (χ0v) is 25.2. The van der Waals surface area contributed by atoms with Crippen LogP contribution in [0.4, 0.5) is 0 Å². The Morgan fingerprint density at radius 1 is 1.18 bits per heavy atom. The zero-order valence-electron chi connectivity index (χ0n) is 23.6. The van der Waals surface area contributed by atoms with Crippen LogP contribution in [0.15, 0.2) is 42.5 Å². The summed E-state index contributed by atoms with van der Waals surface area (Å²) in [4.78, 5) is 18.0. The van der Waals surface area contributed by atoms with E-state index in [2.05, 4.69) is 61.0 Å². The van der Waals surface area contributed by atoms with Crippen LogP contribution in [0.25, 0.3) is 0 Å². The SMILES string of the molecule is COc1cccc([C@]2(C)CCN(C[C@@H](NC(=O)[C@H]3Cc4ccc(O)cc4CN3C)C(C)C)C[C@@H]2C)c1.Cl.Cl. The number of benzene rings is 2. The number of amides is 1. The Hall–Kier alpha value is -1.99. The summed E-state index contributed by atoms with van der Waals surface area (Å²) in [7, 11) is 3.72. The Morgan fingerprint density at radius 2 is 1.92 bits per heavy atom. The molecule has 2 aromatic rings. The summed E-state index contributed by atoms with van der Waals surface area (Å²) in [6.45, 7) is 12.7. The van der Waals surface area contributed by atoms with Gasteiger partial charge in [-0.25, -0.2) is 0 Å². The minimum absolute atomic E-state index is 0. The van der Waals surface area contributed by atoms with Crippen LogP contribution in [0.1, 0.15) is 50.8 Å². The highest BCUT2D eigenvalue weighted by molar-refractivity contribution is 5.85. The average molecular weight is 567 g/mol. The van der Waals surface area contributed by atoms with Crippen molar-refractivity contribution in [2.45, 2.75) is 64.6 Å². The highest BCUT2D eigenvalue weighted by atomic mass is 35.5. The van der Waals surface area contributed by atoms with Crippen LogP contribution < -0.4 is 10.1 Å². The van der Waals surface area contributed by atoms with E-state index in [4.69, 9.17) is 4.74 Å². The second kappa shape index (κ2) is 13.4. The van der Waals surface area contributed by atoms with Crippen molar-refractivity contribution in [3.8, 4) is 11.5 Å². The quantitative estimate of drug-likeness (QED) is 0.492. The molecule has 1 saturated heterocycles. The fraction of sp³-hybridized carbons (Fsp3) is 0.567. The van der Waals surface area contributed by atoms with E-state index < -0.39 is 0 Å². The first kappa shape index (κ1) is 32.2. The van der Waals surface area contributed by atoms with Gasteiger partial charge in [-0.2, -0.15) is 0 Å². The lowest BCUT2D eigenvalue weighted by atomic mass is 9.68. The van der Waals surface area contributed by atoms with Crippen LogP contribution in [0.2, 0.25) is 0 Å². The second-order valence-corrected chi connectivity index (χ2v) is 11.5. The van der Waals surface area contributed by atoms with Gasteiger partial charge in [-0.15, -0.1) is 24.8 Å². The van der Waals surface area contributed by atoms with Gasteiger partial charge in [0.2, 0.25) is 5.91 Å². The van der Waals surface area contributed by atoms with Crippen LogP contribution in [0.5, 0.6) is 11.5 Å². The first-order valence-electron chi connectivity index (χ1n) is 13.3. The van der Waals surface area contributed by atoms with E-state index in [-0.39, 0.29) is 54.0 Å². The molecule has 2 aliphatic heterocycles. The Morgan fingerprint density at radius 3 is 2.58 bits per heavy atom. The number of hydrogen-bond donors (Lipinski definition) is 2. The first-order valence-corrected chi connectivity index (χ1v) is 13.3. The number of phenols is 1. The van der Waals surface area contributed by atoms with Gasteiger partial charge in [-0.05, 0) is 84.6 Å². The van der Waals surface area contributed by atoms with E-state index >= 15 is 0 Å².